The van der Waals surface area contributed by atoms with Crippen LogP contribution in [0.5, 0.6) is 5.75 Å². The molecule has 0 radical (unpaired) electrons. The molecular formula is C15H15NO4S2. The molecule has 0 unspecified atom stereocenters. The van der Waals surface area contributed by atoms with E-state index in [-0.39, 0.29) is 12.3 Å². The van der Waals surface area contributed by atoms with Gasteiger partial charge in [-0.05, 0) is 30.2 Å². The summed E-state index contributed by atoms with van der Waals surface area (Å²) in [5.74, 6) is -0.297. The Morgan fingerprint density at radius 2 is 2.09 bits per heavy atom. The number of carboxylic acid groups (broad SMARTS) is 1. The van der Waals surface area contributed by atoms with Crippen molar-refractivity contribution >= 4 is 46.3 Å². The summed E-state index contributed by atoms with van der Waals surface area (Å²) in [4.78, 5) is 24.8. The van der Waals surface area contributed by atoms with E-state index in [1.807, 2.05) is 24.3 Å². The topological polar surface area (TPSA) is 66.8 Å². The molecule has 0 saturated carbocycles. The second-order valence-corrected chi connectivity index (χ2v) is 6.28. The van der Waals surface area contributed by atoms with E-state index in [1.54, 1.807) is 13.2 Å². The molecule has 1 fully saturated rings. The van der Waals surface area contributed by atoms with Crippen LogP contribution in [0.25, 0.3) is 6.08 Å². The Kier molecular flexibility index (Phi) is 5.57. The van der Waals surface area contributed by atoms with Gasteiger partial charge in [-0.1, -0.05) is 36.1 Å². The first-order valence-corrected chi connectivity index (χ1v) is 7.85. The van der Waals surface area contributed by atoms with Crippen LogP contribution < -0.4 is 4.74 Å². The molecule has 1 N–H and O–H groups in total. The summed E-state index contributed by atoms with van der Waals surface area (Å²) in [5, 5.41) is 8.65. The number of hydrogen-bond acceptors (Lipinski definition) is 5. The van der Waals surface area contributed by atoms with E-state index in [9.17, 15) is 9.59 Å². The first-order chi connectivity index (χ1) is 10.5. The number of benzene rings is 1. The highest BCUT2D eigenvalue weighted by Gasteiger charge is 2.31. The maximum atomic E-state index is 12.3. The molecule has 22 heavy (non-hydrogen) atoms. The predicted molar refractivity (Wildman–Crippen MR) is 89.7 cm³/mol. The van der Waals surface area contributed by atoms with Gasteiger partial charge in [0.1, 0.15) is 10.1 Å². The fourth-order valence-corrected chi connectivity index (χ4v) is 3.24. The van der Waals surface area contributed by atoms with Gasteiger partial charge in [0.25, 0.3) is 5.91 Å². The van der Waals surface area contributed by atoms with Crippen LogP contribution in [0.1, 0.15) is 18.4 Å². The summed E-state index contributed by atoms with van der Waals surface area (Å²) in [6.45, 7) is 0.330. The van der Waals surface area contributed by atoms with Crippen LogP contribution in [-0.2, 0) is 9.59 Å². The van der Waals surface area contributed by atoms with Crippen molar-refractivity contribution in [3.63, 3.8) is 0 Å². The zero-order valence-electron chi connectivity index (χ0n) is 11.9. The van der Waals surface area contributed by atoms with E-state index in [1.165, 1.54) is 16.7 Å². The van der Waals surface area contributed by atoms with Crippen LogP contribution in [0.4, 0.5) is 0 Å². The van der Waals surface area contributed by atoms with Crippen LogP contribution in [0.2, 0.25) is 0 Å². The third-order valence-electron chi connectivity index (χ3n) is 3.06. The lowest BCUT2D eigenvalue weighted by molar-refractivity contribution is -0.137. The Hall–Kier alpha value is -1.86. The van der Waals surface area contributed by atoms with E-state index in [2.05, 4.69) is 0 Å². The second kappa shape index (κ2) is 7.42. The zero-order chi connectivity index (χ0) is 16.1. The van der Waals surface area contributed by atoms with Gasteiger partial charge in [-0.2, -0.15) is 0 Å². The molecule has 1 aromatic carbocycles. The summed E-state index contributed by atoms with van der Waals surface area (Å²) in [6.07, 6.45) is 2.18. The van der Waals surface area contributed by atoms with Crippen molar-refractivity contribution in [3.05, 3.63) is 34.7 Å². The van der Waals surface area contributed by atoms with Gasteiger partial charge in [0, 0.05) is 13.0 Å². The van der Waals surface area contributed by atoms with Gasteiger partial charge in [0.05, 0.1) is 12.0 Å². The van der Waals surface area contributed by atoms with Gasteiger partial charge in [-0.15, -0.1) is 0 Å². The number of hydrogen-bond donors (Lipinski definition) is 1. The smallest absolute Gasteiger partial charge is 0.303 e. The molecule has 116 valence electrons. The van der Waals surface area contributed by atoms with Gasteiger partial charge in [-0.3, -0.25) is 14.5 Å². The minimum Gasteiger partial charge on any atom is -0.497 e. The molecule has 1 heterocycles. The number of thioether (sulfide) groups is 1. The number of thiocarbonyl (C=S) groups is 1. The summed E-state index contributed by atoms with van der Waals surface area (Å²) >= 11 is 6.42. The average molecular weight is 337 g/mol. The number of amides is 1. The minimum atomic E-state index is -0.876. The Morgan fingerprint density at radius 3 is 2.68 bits per heavy atom. The number of methoxy groups -OCH3 is 1. The highest BCUT2D eigenvalue weighted by Crippen LogP contribution is 2.32. The van der Waals surface area contributed by atoms with Gasteiger partial charge in [0.15, 0.2) is 0 Å². The fourth-order valence-electron chi connectivity index (χ4n) is 1.93. The van der Waals surface area contributed by atoms with Crippen molar-refractivity contribution in [2.75, 3.05) is 13.7 Å². The molecule has 0 spiro atoms. The summed E-state index contributed by atoms with van der Waals surface area (Å²) in [6, 6.07) is 7.35. The first kappa shape index (κ1) is 16.5. The van der Waals surface area contributed by atoms with Crippen LogP contribution in [-0.4, -0.2) is 39.9 Å². The number of carbonyl (C=O) groups is 2. The van der Waals surface area contributed by atoms with Crippen LogP contribution >= 0.6 is 24.0 Å². The molecule has 0 bridgehead atoms. The Morgan fingerprint density at radius 1 is 1.41 bits per heavy atom. The van der Waals surface area contributed by atoms with E-state index < -0.39 is 5.97 Å². The Bertz CT molecular complexity index is 625. The maximum Gasteiger partial charge on any atom is 0.303 e. The monoisotopic (exact) mass is 337 g/mol. The van der Waals surface area contributed by atoms with Crippen LogP contribution in [0.15, 0.2) is 29.2 Å². The van der Waals surface area contributed by atoms with Crippen molar-refractivity contribution in [3.8, 4) is 5.75 Å². The average Bonchev–Trinajstić information content (AvgIpc) is 2.75. The van der Waals surface area contributed by atoms with E-state index >= 15 is 0 Å². The summed E-state index contributed by atoms with van der Waals surface area (Å²) in [7, 11) is 1.59. The van der Waals surface area contributed by atoms with Crippen LogP contribution in [0.3, 0.4) is 0 Å². The van der Waals surface area contributed by atoms with Gasteiger partial charge < -0.3 is 9.84 Å². The SMILES string of the molecule is COc1ccc(/C=C2/SC(=S)N(CCCC(=O)O)C2=O)cc1. The highest BCUT2D eigenvalue weighted by molar-refractivity contribution is 8.26. The molecule has 1 amide bonds. The molecule has 0 atom stereocenters. The van der Waals surface area contributed by atoms with Crippen molar-refractivity contribution in [1.82, 2.24) is 4.90 Å². The molecule has 1 aliphatic heterocycles. The number of aliphatic carboxylic acids is 1. The Labute approximate surface area is 137 Å². The van der Waals surface area contributed by atoms with Crippen molar-refractivity contribution in [1.29, 1.82) is 0 Å². The van der Waals surface area contributed by atoms with Crippen molar-refractivity contribution in [2.24, 2.45) is 0 Å². The van der Waals surface area contributed by atoms with Gasteiger partial charge in [0.2, 0.25) is 0 Å². The van der Waals surface area contributed by atoms with Gasteiger partial charge in [-0.25, -0.2) is 0 Å². The number of carboxylic acids is 1. The van der Waals surface area contributed by atoms with Gasteiger partial charge >= 0.3 is 5.97 Å². The summed E-state index contributed by atoms with van der Waals surface area (Å²) in [5.41, 5.74) is 0.881. The van der Waals surface area contributed by atoms with E-state index in [0.717, 1.165) is 11.3 Å². The largest absolute Gasteiger partial charge is 0.497 e. The molecule has 5 nitrogen and oxygen atoms in total. The first-order valence-electron chi connectivity index (χ1n) is 6.62. The molecule has 2 rings (SSSR count). The molecule has 1 aliphatic rings. The normalized spacial score (nSPS) is 16.4. The molecular weight excluding hydrogens is 322 g/mol. The lowest BCUT2D eigenvalue weighted by Crippen LogP contribution is -2.29. The zero-order valence-corrected chi connectivity index (χ0v) is 13.6. The number of ether oxygens (including phenoxy) is 1. The predicted octanol–water partition coefficient (Wildman–Crippen LogP) is 2.76. The Balaban J connectivity index is 2.06. The maximum absolute atomic E-state index is 12.3. The van der Waals surface area contributed by atoms with E-state index in [0.29, 0.717) is 22.2 Å². The van der Waals surface area contributed by atoms with Crippen molar-refractivity contribution < 1.29 is 19.4 Å². The molecule has 0 aliphatic carbocycles. The number of nitrogens with zero attached hydrogens (tertiary/aromatic N) is 1. The van der Waals surface area contributed by atoms with Crippen molar-refractivity contribution in [2.45, 2.75) is 12.8 Å². The molecule has 7 heteroatoms. The lowest BCUT2D eigenvalue weighted by Gasteiger charge is -2.13. The van der Waals surface area contributed by atoms with Crippen LogP contribution in [0, 0.1) is 0 Å². The number of rotatable bonds is 6. The molecule has 1 aromatic rings. The molecule has 0 aromatic heterocycles. The third-order valence-corrected chi connectivity index (χ3v) is 4.44. The fraction of sp³-hybridized carbons (Fsp3) is 0.267. The third kappa shape index (κ3) is 4.08. The molecule has 1 saturated heterocycles. The lowest BCUT2D eigenvalue weighted by atomic mass is 10.2. The summed E-state index contributed by atoms with van der Waals surface area (Å²) < 4.78 is 5.56. The second-order valence-electron chi connectivity index (χ2n) is 4.60. The minimum absolute atomic E-state index is 0.0224. The van der Waals surface area contributed by atoms with E-state index in [4.69, 9.17) is 22.1 Å². The highest BCUT2D eigenvalue weighted by atomic mass is 32.2. The number of carbonyl (C=O) groups excluding carboxylic acids is 1. The standard InChI is InChI=1S/C15H15NO4S2/c1-20-11-6-4-10(5-7-11)9-12-14(19)16(15(21)22-12)8-2-3-13(17)18/h4-7,9H,2-3,8H2,1H3,(H,17,18)/b12-9+. The quantitative estimate of drug-likeness (QED) is 0.636.